The minimum absolute atomic E-state index is 0.0194. The van der Waals surface area contributed by atoms with Crippen LogP contribution in [0.1, 0.15) is 16.9 Å². The maximum atomic E-state index is 13.0. The summed E-state index contributed by atoms with van der Waals surface area (Å²) in [7, 11) is 0. The van der Waals surface area contributed by atoms with E-state index in [2.05, 4.69) is 11.8 Å². The van der Waals surface area contributed by atoms with Crippen LogP contribution in [0.25, 0.3) is 0 Å². The lowest BCUT2D eigenvalue weighted by molar-refractivity contribution is 0.305. The molecule has 0 spiro atoms. The van der Waals surface area contributed by atoms with E-state index in [-0.39, 0.29) is 19.0 Å². The Bertz CT molecular complexity index is 621. The Kier molecular flexibility index (Phi) is 5.10. The van der Waals surface area contributed by atoms with E-state index in [1.807, 2.05) is 11.4 Å². The molecule has 1 heterocycles. The van der Waals surface area contributed by atoms with Crippen LogP contribution in [0.15, 0.2) is 29.6 Å². The number of halogens is 2. The van der Waals surface area contributed by atoms with E-state index < -0.39 is 11.6 Å². The lowest BCUT2D eigenvalue weighted by atomic mass is 10.2. The van der Waals surface area contributed by atoms with Gasteiger partial charge in [-0.15, -0.1) is 11.3 Å². The first-order valence-corrected chi connectivity index (χ1v) is 6.82. The minimum Gasteiger partial charge on any atom is -0.488 e. The Hall–Kier alpha value is -1.90. The Morgan fingerprint density at radius 3 is 2.65 bits per heavy atom. The topological polar surface area (TPSA) is 29.5 Å². The van der Waals surface area contributed by atoms with Gasteiger partial charge in [-0.2, -0.15) is 0 Å². The van der Waals surface area contributed by atoms with Crippen LogP contribution in [0.3, 0.4) is 0 Å². The summed E-state index contributed by atoms with van der Waals surface area (Å²) in [6.07, 6.45) is 0.408. The Balaban J connectivity index is 2.04. The molecule has 1 N–H and O–H groups in total. The van der Waals surface area contributed by atoms with Gasteiger partial charge in [0.25, 0.3) is 0 Å². The Labute approximate surface area is 119 Å². The fourth-order valence-corrected chi connectivity index (χ4v) is 2.28. The van der Waals surface area contributed by atoms with E-state index in [0.29, 0.717) is 6.42 Å². The molecule has 0 amide bonds. The average Bonchev–Trinajstić information content (AvgIpc) is 2.83. The minimum atomic E-state index is -0.672. The maximum Gasteiger partial charge on any atom is 0.129 e. The molecule has 2 aromatic rings. The summed E-state index contributed by atoms with van der Waals surface area (Å²) in [6.45, 7) is 0.217. The molecule has 0 radical (unpaired) electrons. The largest absolute Gasteiger partial charge is 0.488 e. The highest BCUT2D eigenvalue weighted by molar-refractivity contribution is 7.10. The van der Waals surface area contributed by atoms with Gasteiger partial charge in [0.15, 0.2) is 0 Å². The van der Waals surface area contributed by atoms with Crippen molar-refractivity contribution in [1.29, 1.82) is 0 Å². The molecule has 1 aromatic carbocycles. The average molecular weight is 294 g/mol. The fraction of sp³-hybridized carbons (Fsp3) is 0.200. The SMILES string of the molecule is OCCC#Cc1ccsc1COc1cc(F)cc(F)c1. The lowest BCUT2D eigenvalue weighted by Gasteiger charge is -2.05. The molecule has 5 heteroatoms. The van der Waals surface area contributed by atoms with Crippen LogP contribution in [0.5, 0.6) is 5.75 Å². The first kappa shape index (κ1) is 14.5. The van der Waals surface area contributed by atoms with Crippen LogP contribution >= 0.6 is 11.3 Å². The van der Waals surface area contributed by atoms with E-state index in [4.69, 9.17) is 9.84 Å². The second-order valence-electron chi connectivity index (χ2n) is 3.93. The maximum absolute atomic E-state index is 13.0. The van der Waals surface area contributed by atoms with Crippen molar-refractivity contribution in [3.8, 4) is 17.6 Å². The van der Waals surface area contributed by atoms with E-state index in [1.165, 1.54) is 11.3 Å². The Morgan fingerprint density at radius 1 is 1.20 bits per heavy atom. The zero-order valence-electron chi connectivity index (χ0n) is 10.5. The number of hydrogen-bond donors (Lipinski definition) is 1. The molecule has 0 aliphatic rings. The van der Waals surface area contributed by atoms with Gasteiger partial charge in [-0.3, -0.25) is 0 Å². The normalized spacial score (nSPS) is 9.95. The van der Waals surface area contributed by atoms with Crippen LogP contribution in [-0.2, 0) is 6.61 Å². The van der Waals surface area contributed by atoms with Gasteiger partial charge in [0, 0.05) is 30.2 Å². The summed E-state index contributed by atoms with van der Waals surface area (Å²) in [5.74, 6) is 4.55. The summed E-state index contributed by atoms with van der Waals surface area (Å²) < 4.78 is 31.4. The van der Waals surface area contributed by atoms with E-state index in [1.54, 1.807) is 0 Å². The van der Waals surface area contributed by atoms with Crippen molar-refractivity contribution in [2.45, 2.75) is 13.0 Å². The smallest absolute Gasteiger partial charge is 0.129 e. The molecule has 0 unspecified atom stereocenters. The molecule has 0 aliphatic carbocycles. The van der Waals surface area contributed by atoms with Gasteiger partial charge in [-0.05, 0) is 11.4 Å². The second kappa shape index (κ2) is 7.04. The summed E-state index contributed by atoms with van der Waals surface area (Å²) in [5, 5.41) is 10.5. The third-order valence-corrected chi connectivity index (χ3v) is 3.31. The molecule has 2 nitrogen and oxygen atoms in total. The summed E-state index contributed by atoms with van der Waals surface area (Å²) in [6, 6.07) is 4.91. The van der Waals surface area contributed by atoms with Gasteiger partial charge in [-0.25, -0.2) is 8.78 Å². The summed E-state index contributed by atoms with van der Waals surface area (Å²) in [4.78, 5) is 0.875. The highest BCUT2D eigenvalue weighted by Crippen LogP contribution is 2.21. The quantitative estimate of drug-likeness (QED) is 0.876. The van der Waals surface area contributed by atoms with Gasteiger partial charge in [-0.1, -0.05) is 11.8 Å². The monoisotopic (exact) mass is 294 g/mol. The van der Waals surface area contributed by atoms with Crippen molar-refractivity contribution in [3.05, 3.63) is 51.7 Å². The van der Waals surface area contributed by atoms with Crippen LogP contribution in [0.4, 0.5) is 8.78 Å². The lowest BCUT2D eigenvalue weighted by Crippen LogP contribution is -1.96. The van der Waals surface area contributed by atoms with Crippen LogP contribution in [-0.4, -0.2) is 11.7 Å². The standard InChI is InChI=1S/C15H12F2O2S/c16-12-7-13(17)9-14(8-12)19-10-15-11(4-6-20-15)3-1-2-5-18/h4,6-9,18H,2,5,10H2. The third kappa shape index (κ3) is 4.05. The second-order valence-corrected chi connectivity index (χ2v) is 4.93. The van der Waals surface area contributed by atoms with Crippen molar-refractivity contribution < 1.29 is 18.6 Å². The molecule has 2 rings (SSSR count). The van der Waals surface area contributed by atoms with Crippen LogP contribution < -0.4 is 4.74 Å². The molecule has 0 fully saturated rings. The van der Waals surface area contributed by atoms with Crippen molar-refractivity contribution in [1.82, 2.24) is 0 Å². The van der Waals surface area contributed by atoms with Gasteiger partial charge in [0.1, 0.15) is 24.0 Å². The molecule has 0 bridgehead atoms. The number of hydrogen-bond acceptors (Lipinski definition) is 3. The van der Waals surface area contributed by atoms with Gasteiger partial charge < -0.3 is 9.84 Å². The van der Waals surface area contributed by atoms with Crippen molar-refractivity contribution in [2.24, 2.45) is 0 Å². The van der Waals surface area contributed by atoms with Gasteiger partial charge in [0.05, 0.1) is 11.5 Å². The number of thiophene rings is 1. The molecular formula is C15H12F2O2S. The van der Waals surface area contributed by atoms with Crippen molar-refractivity contribution >= 4 is 11.3 Å². The molecular weight excluding hydrogens is 282 g/mol. The number of rotatable bonds is 4. The predicted molar refractivity (Wildman–Crippen MR) is 73.6 cm³/mol. The molecule has 0 saturated heterocycles. The molecule has 104 valence electrons. The first-order valence-electron chi connectivity index (χ1n) is 5.94. The van der Waals surface area contributed by atoms with Crippen LogP contribution in [0, 0.1) is 23.5 Å². The number of aliphatic hydroxyl groups is 1. The molecule has 0 aliphatic heterocycles. The summed E-state index contributed by atoms with van der Waals surface area (Å²) >= 11 is 1.46. The van der Waals surface area contributed by atoms with E-state index in [9.17, 15) is 8.78 Å². The summed E-state index contributed by atoms with van der Waals surface area (Å²) in [5.41, 5.74) is 0.806. The molecule has 1 aromatic heterocycles. The van der Waals surface area contributed by atoms with E-state index >= 15 is 0 Å². The number of benzene rings is 1. The highest BCUT2D eigenvalue weighted by Gasteiger charge is 2.05. The Morgan fingerprint density at radius 2 is 1.95 bits per heavy atom. The number of ether oxygens (including phenoxy) is 1. The van der Waals surface area contributed by atoms with Gasteiger partial charge in [0.2, 0.25) is 0 Å². The van der Waals surface area contributed by atoms with Crippen LogP contribution in [0.2, 0.25) is 0 Å². The zero-order valence-corrected chi connectivity index (χ0v) is 11.3. The predicted octanol–water partition coefficient (Wildman–Crippen LogP) is 3.34. The zero-order chi connectivity index (χ0) is 14.4. The third-order valence-electron chi connectivity index (χ3n) is 2.41. The first-order chi connectivity index (χ1) is 9.69. The molecule has 0 saturated carbocycles. The molecule has 20 heavy (non-hydrogen) atoms. The fourth-order valence-electron chi connectivity index (χ4n) is 1.54. The van der Waals surface area contributed by atoms with Gasteiger partial charge >= 0.3 is 0 Å². The van der Waals surface area contributed by atoms with Crippen molar-refractivity contribution in [3.63, 3.8) is 0 Å². The molecule has 0 atom stereocenters. The van der Waals surface area contributed by atoms with E-state index in [0.717, 1.165) is 28.6 Å². The highest BCUT2D eigenvalue weighted by atomic mass is 32.1. The van der Waals surface area contributed by atoms with Crippen molar-refractivity contribution in [2.75, 3.05) is 6.61 Å². The number of aliphatic hydroxyl groups excluding tert-OH is 1.